The highest BCUT2D eigenvalue weighted by Crippen LogP contribution is 2.40. The van der Waals surface area contributed by atoms with E-state index in [0.717, 1.165) is 35.3 Å². The fourth-order valence-electron chi connectivity index (χ4n) is 3.95. The third-order valence-corrected chi connectivity index (χ3v) is 7.68. The first-order valence-corrected chi connectivity index (χ1v) is 13.0. The van der Waals surface area contributed by atoms with E-state index in [9.17, 15) is 9.59 Å². The summed E-state index contributed by atoms with van der Waals surface area (Å²) < 4.78 is 7.21. The summed E-state index contributed by atoms with van der Waals surface area (Å²) in [6.07, 6.45) is 7.93. The molecule has 0 radical (unpaired) electrons. The van der Waals surface area contributed by atoms with Gasteiger partial charge in [-0.1, -0.05) is 24.8 Å². The lowest BCUT2D eigenvalue weighted by molar-refractivity contribution is -0.113. The molecular weight excluding hydrogens is 470 g/mol. The number of pyridine rings is 1. The number of esters is 1. The number of thioether (sulfide) groups is 1. The van der Waals surface area contributed by atoms with Crippen LogP contribution in [0, 0.1) is 5.92 Å². The molecule has 1 aliphatic carbocycles. The molecule has 0 saturated carbocycles. The summed E-state index contributed by atoms with van der Waals surface area (Å²) in [5.74, 6) is 0.805. The van der Waals surface area contributed by atoms with Gasteiger partial charge in [0.1, 0.15) is 5.00 Å². The second-order valence-corrected chi connectivity index (χ2v) is 10.1. The number of nitrogens with one attached hydrogen (secondary N) is 1. The highest BCUT2D eigenvalue weighted by molar-refractivity contribution is 7.99. The Kier molecular flexibility index (Phi) is 7.79. The average molecular weight is 498 g/mol. The van der Waals surface area contributed by atoms with Gasteiger partial charge in [-0.3, -0.25) is 14.3 Å². The summed E-state index contributed by atoms with van der Waals surface area (Å²) in [5.41, 5.74) is 2.43. The SMILES string of the molecule is C=CCn1c(SCC(=O)Nc2sc3c(c2C(=O)OCC)CCC(C)C3)nnc1-c1ccncc1. The maximum atomic E-state index is 12.9. The number of hydrogen-bond acceptors (Lipinski definition) is 8. The van der Waals surface area contributed by atoms with E-state index in [4.69, 9.17) is 4.74 Å². The van der Waals surface area contributed by atoms with E-state index < -0.39 is 0 Å². The lowest BCUT2D eigenvalue weighted by Crippen LogP contribution is -2.18. The van der Waals surface area contributed by atoms with E-state index in [1.165, 1.54) is 23.1 Å². The summed E-state index contributed by atoms with van der Waals surface area (Å²) in [5, 5.41) is 12.7. The summed E-state index contributed by atoms with van der Waals surface area (Å²) in [6, 6.07) is 3.72. The van der Waals surface area contributed by atoms with Crippen molar-refractivity contribution in [3.63, 3.8) is 0 Å². The van der Waals surface area contributed by atoms with Crippen molar-refractivity contribution in [2.24, 2.45) is 5.92 Å². The van der Waals surface area contributed by atoms with Crippen LogP contribution < -0.4 is 5.32 Å². The quantitative estimate of drug-likeness (QED) is 0.262. The first-order chi connectivity index (χ1) is 16.5. The van der Waals surface area contributed by atoms with Crippen LogP contribution in [0.2, 0.25) is 0 Å². The normalized spacial score (nSPS) is 14.9. The van der Waals surface area contributed by atoms with E-state index in [1.54, 1.807) is 25.4 Å². The number of allylic oxidation sites excluding steroid dienone is 1. The Hall–Kier alpha value is -2.98. The Labute approximate surface area is 206 Å². The lowest BCUT2D eigenvalue weighted by atomic mass is 9.88. The van der Waals surface area contributed by atoms with Crippen LogP contribution in [0.1, 0.15) is 41.1 Å². The van der Waals surface area contributed by atoms with Crippen molar-refractivity contribution in [3.05, 3.63) is 53.2 Å². The van der Waals surface area contributed by atoms with Crippen LogP contribution in [0.25, 0.3) is 11.4 Å². The number of aromatic nitrogens is 4. The maximum absolute atomic E-state index is 12.9. The average Bonchev–Trinajstić information content (AvgIpc) is 3.39. The van der Waals surface area contributed by atoms with Crippen molar-refractivity contribution in [1.82, 2.24) is 19.7 Å². The standard InChI is InChI=1S/C24H27N5O3S2/c1-4-12-29-21(16-8-10-25-11-9-16)27-28-24(29)33-14-19(30)26-22-20(23(31)32-5-2)17-7-6-15(3)13-18(17)34-22/h4,8-11,15H,1,5-7,12-14H2,2-3H3,(H,26,30). The minimum Gasteiger partial charge on any atom is -0.462 e. The fourth-order valence-corrected chi connectivity index (χ4v) is 6.12. The number of amides is 1. The maximum Gasteiger partial charge on any atom is 0.341 e. The van der Waals surface area contributed by atoms with Gasteiger partial charge >= 0.3 is 5.97 Å². The summed E-state index contributed by atoms with van der Waals surface area (Å²) in [4.78, 5) is 30.8. The van der Waals surface area contributed by atoms with Crippen LogP contribution in [-0.2, 0) is 28.9 Å². The molecule has 178 valence electrons. The molecule has 0 spiro atoms. The van der Waals surface area contributed by atoms with Crippen molar-refractivity contribution in [2.75, 3.05) is 17.7 Å². The molecule has 34 heavy (non-hydrogen) atoms. The monoisotopic (exact) mass is 497 g/mol. The van der Waals surface area contributed by atoms with Crippen molar-refractivity contribution >= 4 is 40.0 Å². The van der Waals surface area contributed by atoms with Gasteiger partial charge in [-0.2, -0.15) is 0 Å². The molecule has 0 aliphatic heterocycles. The zero-order chi connectivity index (χ0) is 24.1. The van der Waals surface area contributed by atoms with Crippen LogP contribution in [0.4, 0.5) is 5.00 Å². The predicted molar refractivity (Wildman–Crippen MR) is 134 cm³/mol. The van der Waals surface area contributed by atoms with Crippen LogP contribution in [0.15, 0.2) is 42.3 Å². The third-order valence-electron chi connectivity index (χ3n) is 5.54. The van der Waals surface area contributed by atoms with Crippen molar-refractivity contribution < 1.29 is 14.3 Å². The van der Waals surface area contributed by atoms with Gasteiger partial charge in [0.25, 0.3) is 0 Å². The van der Waals surface area contributed by atoms with Crippen LogP contribution in [0.3, 0.4) is 0 Å². The number of hydrogen-bond donors (Lipinski definition) is 1. The number of ether oxygens (including phenoxy) is 1. The third kappa shape index (κ3) is 5.23. The molecule has 3 heterocycles. The van der Waals surface area contributed by atoms with Gasteiger partial charge in [0.15, 0.2) is 11.0 Å². The van der Waals surface area contributed by atoms with E-state index in [0.29, 0.717) is 40.6 Å². The Balaban J connectivity index is 1.50. The summed E-state index contributed by atoms with van der Waals surface area (Å²) >= 11 is 2.78. The van der Waals surface area contributed by atoms with E-state index >= 15 is 0 Å². The molecule has 0 saturated heterocycles. The lowest BCUT2D eigenvalue weighted by Gasteiger charge is -2.18. The summed E-state index contributed by atoms with van der Waals surface area (Å²) in [6.45, 7) is 8.62. The Morgan fingerprint density at radius 2 is 2.15 bits per heavy atom. The molecule has 4 rings (SSSR count). The molecule has 3 aromatic rings. The number of fused-ring (bicyclic) bond motifs is 1. The first kappa shape index (κ1) is 24.2. The predicted octanol–water partition coefficient (Wildman–Crippen LogP) is 4.62. The van der Waals surface area contributed by atoms with E-state index in [1.807, 2.05) is 16.7 Å². The molecule has 10 heteroatoms. The molecule has 1 atom stereocenters. The van der Waals surface area contributed by atoms with E-state index in [2.05, 4.69) is 34.0 Å². The van der Waals surface area contributed by atoms with Gasteiger partial charge in [-0.15, -0.1) is 28.1 Å². The minimum absolute atomic E-state index is 0.132. The highest BCUT2D eigenvalue weighted by Gasteiger charge is 2.29. The number of nitrogens with zero attached hydrogens (tertiary/aromatic N) is 4. The second kappa shape index (κ2) is 11.0. The van der Waals surface area contributed by atoms with Gasteiger partial charge in [-0.25, -0.2) is 4.79 Å². The molecule has 1 amide bonds. The highest BCUT2D eigenvalue weighted by atomic mass is 32.2. The molecule has 1 aliphatic rings. The topological polar surface area (TPSA) is 99.0 Å². The van der Waals surface area contributed by atoms with Gasteiger partial charge in [-0.05, 0) is 49.8 Å². The molecule has 1 unspecified atom stereocenters. The molecule has 0 fully saturated rings. The smallest absolute Gasteiger partial charge is 0.341 e. The molecular formula is C24H27N5O3S2. The zero-order valence-electron chi connectivity index (χ0n) is 19.2. The molecule has 3 aromatic heterocycles. The molecule has 0 aromatic carbocycles. The van der Waals surface area contributed by atoms with Gasteiger partial charge in [0.05, 0.1) is 17.9 Å². The van der Waals surface area contributed by atoms with Crippen molar-refractivity contribution in [1.29, 1.82) is 0 Å². The first-order valence-electron chi connectivity index (χ1n) is 11.2. The Bertz CT molecular complexity index is 1190. The Morgan fingerprint density at radius 1 is 1.35 bits per heavy atom. The van der Waals surface area contributed by atoms with E-state index in [-0.39, 0.29) is 17.6 Å². The minimum atomic E-state index is -0.370. The number of anilines is 1. The number of carbonyl (C=O) groups is 2. The van der Waals surface area contributed by atoms with Gasteiger partial charge < -0.3 is 10.1 Å². The zero-order valence-corrected chi connectivity index (χ0v) is 20.9. The molecule has 1 N–H and O–H groups in total. The van der Waals surface area contributed by atoms with Crippen LogP contribution in [-0.4, -0.2) is 44.0 Å². The van der Waals surface area contributed by atoms with Crippen LogP contribution in [0.5, 0.6) is 0 Å². The second-order valence-electron chi connectivity index (χ2n) is 8.05. The van der Waals surface area contributed by atoms with Crippen molar-refractivity contribution in [3.8, 4) is 11.4 Å². The Morgan fingerprint density at radius 3 is 2.88 bits per heavy atom. The fraction of sp³-hybridized carbons (Fsp3) is 0.375. The van der Waals surface area contributed by atoms with Crippen molar-refractivity contribution in [2.45, 2.75) is 44.8 Å². The van der Waals surface area contributed by atoms with Crippen LogP contribution >= 0.6 is 23.1 Å². The molecule has 0 bridgehead atoms. The molecule has 8 nitrogen and oxygen atoms in total. The number of thiophene rings is 1. The summed E-state index contributed by atoms with van der Waals surface area (Å²) in [7, 11) is 0. The number of carbonyl (C=O) groups excluding carboxylic acids is 2. The van der Waals surface area contributed by atoms with Gasteiger partial charge in [0, 0.05) is 29.4 Å². The van der Waals surface area contributed by atoms with Gasteiger partial charge in [0.2, 0.25) is 5.91 Å². The largest absolute Gasteiger partial charge is 0.462 e. The number of rotatable bonds is 9.